The molecular formula is C15H21N5O. The van der Waals surface area contributed by atoms with Crippen molar-refractivity contribution in [2.75, 3.05) is 24.5 Å². The number of aromatic hydroxyl groups is 1. The second-order valence-corrected chi connectivity index (χ2v) is 5.65. The molecule has 4 N–H and O–H groups in total. The number of nitrogens with zero attached hydrogens (tertiary/aromatic N) is 3. The first kappa shape index (κ1) is 13.9. The number of H-pyrrole nitrogens is 1. The molecule has 0 aliphatic carbocycles. The van der Waals surface area contributed by atoms with Crippen molar-refractivity contribution in [3.63, 3.8) is 0 Å². The molecule has 1 aliphatic heterocycles. The summed E-state index contributed by atoms with van der Waals surface area (Å²) in [4.78, 5) is 6.79. The van der Waals surface area contributed by atoms with Crippen LogP contribution in [0.1, 0.15) is 18.4 Å². The van der Waals surface area contributed by atoms with Crippen LogP contribution in [0.15, 0.2) is 18.2 Å². The van der Waals surface area contributed by atoms with E-state index in [4.69, 9.17) is 5.73 Å². The Morgan fingerprint density at radius 3 is 2.81 bits per heavy atom. The lowest BCUT2D eigenvalue weighted by atomic mass is 9.97. The fourth-order valence-electron chi connectivity index (χ4n) is 2.80. The van der Waals surface area contributed by atoms with Gasteiger partial charge in [-0.05, 0) is 56.0 Å². The van der Waals surface area contributed by atoms with E-state index < -0.39 is 0 Å². The molecule has 1 saturated heterocycles. The number of piperidine rings is 1. The van der Waals surface area contributed by atoms with Crippen LogP contribution in [0.2, 0.25) is 0 Å². The zero-order valence-corrected chi connectivity index (χ0v) is 12.2. The summed E-state index contributed by atoms with van der Waals surface area (Å²) in [5.41, 5.74) is 7.65. The maximum Gasteiger partial charge on any atom is 0.245 e. The molecule has 0 radical (unpaired) electrons. The lowest BCUT2D eigenvalue weighted by Gasteiger charge is -2.30. The third-order valence-corrected chi connectivity index (χ3v) is 4.17. The van der Waals surface area contributed by atoms with Crippen molar-refractivity contribution < 1.29 is 5.11 Å². The van der Waals surface area contributed by atoms with Gasteiger partial charge in [0.05, 0.1) is 0 Å². The Balaban J connectivity index is 1.77. The van der Waals surface area contributed by atoms with Crippen LogP contribution < -0.4 is 10.6 Å². The summed E-state index contributed by atoms with van der Waals surface area (Å²) < 4.78 is 0. The maximum atomic E-state index is 9.48. The smallest absolute Gasteiger partial charge is 0.245 e. The molecule has 2 heterocycles. The summed E-state index contributed by atoms with van der Waals surface area (Å²) in [5, 5.41) is 16.8. The highest BCUT2D eigenvalue weighted by molar-refractivity contribution is 5.62. The Morgan fingerprint density at radius 2 is 2.14 bits per heavy atom. The number of benzene rings is 1. The summed E-state index contributed by atoms with van der Waals surface area (Å²) in [6.45, 7) is 4.62. The van der Waals surface area contributed by atoms with E-state index in [0.717, 1.165) is 55.4 Å². The van der Waals surface area contributed by atoms with E-state index in [1.165, 1.54) is 0 Å². The van der Waals surface area contributed by atoms with Gasteiger partial charge in [-0.15, -0.1) is 5.10 Å². The number of nitrogens with one attached hydrogen (secondary N) is 1. The highest BCUT2D eigenvalue weighted by atomic mass is 16.3. The van der Waals surface area contributed by atoms with Gasteiger partial charge in [-0.25, -0.2) is 0 Å². The standard InChI is InChI=1S/C15H21N5O/c1-10-8-12(21)2-3-13(10)14-17-15(19-18-14)20-6-4-11(9-16)5-7-20/h2-3,8,11,21H,4-7,9,16H2,1H3,(H,17,18,19). The highest BCUT2D eigenvalue weighted by Crippen LogP contribution is 2.26. The lowest BCUT2D eigenvalue weighted by Crippen LogP contribution is -2.36. The van der Waals surface area contributed by atoms with Crippen molar-refractivity contribution >= 4 is 5.95 Å². The molecule has 112 valence electrons. The summed E-state index contributed by atoms with van der Waals surface area (Å²) in [6, 6.07) is 5.25. The molecule has 0 atom stereocenters. The Bertz CT molecular complexity index is 616. The Kier molecular flexibility index (Phi) is 3.79. The average Bonchev–Trinajstić information content (AvgIpc) is 2.97. The number of aryl methyl sites for hydroxylation is 1. The van der Waals surface area contributed by atoms with E-state index in [2.05, 4.69) is 20.1 Å². The third-order valence-electron chi connectivity index (χ3n) is 4.17. The third kappa shape index (κ3) is 2.85. The number of nitrogens with two attached hydrogens (primary N) is 1. The van der Waals surface area contributed by atoms with E-state index in [1.807, 2.05) is 13.0 Å². The molecule has 0 spiro atoms. The van der Waals surface area contributed by atoms with Crippen molar-refractivity contribution in [1.29, 1.82) is 0 Å². The number of phenols is 1. The molecule has 0 unspecified atom stereocenters. The second kappa shape index (κ2) is 5.73. The summed E-state index contributed by atoms with van der Waals surface area (Å²) in [7, 11) is 0. The second-order valence-electron chi connectivity index (χ2n) is 5.65. The monoisotopic (exact) mass is 287 g/mol. The van der Waals surface area contributed by atoms with Gasteiger partial charge in [-0.3, -0.25) is 5.10 Å². The first-order valence-electron chi connectivity index (χ1n) is 7.35. The number of hydrogen-bond donors (Lipinski definition) is 3. The number of hydrogen-bond acceptors (Lipinski definition) is 5. The number of anilines is 1. The van der Waals surface area contributed by atoms with E-state index >= 15 is 0 Å². The van der Waals surface area contributed by atoms with Crippen LogP contribution in [-0.4, -0.2) is 39.9 Å². The maximum absolute atomic E-state index is 9.48. The van der Waals surface area contributed by atoms with Gasteiger partial charge in [0.2, 0.25) is 5.95 Å². The molecule has 1 aromatic heterocycles. The number of aromatic nitrogens is 3. The Morgan fingerprint density at radius 1 is 1.38 bits per heavy atom. The fraction of sp³-hybridized carbons (Fsp3) is 0.467. The van der Waals surface area contributed by atoms with Gasteiger partial charge in [-0.1, -0.05) is 0 Å². The van der Waals surface area contributed by atoms with Gasteiger partial charge >= 0.3 is 0 Å². The van der Waals surface area contributed by atoms with Gasteiger partial charge in [-0.2, -0.15) is 4.98 Å². The molecule has 21 heavy (non-hydrogen) atoms. The van der Waals surface area contributed by atoms with Gasteiger partial charge in [0, 0.05) is 18.7 Å². The van der Waals surface area contributed by atoms with Gasteiger partial charge in [0.1, 0.15) is 5.75 Å². The van der Waals surface area contributed by atoms with Crippen LogP contribution >= 0.6 is 0 Å². The fourth-order valence-corrected chi connectivity index (χ4v) is 2.80. The minimum absolute atomic E-state index is 0.264. The zero-order valence-electron chi connectivity index (χ0n) is 12.2. The van der Waals surface area contributed by atoms with Crippen LogP contribution in [0.5, 0.6) is 5.75 Å². The van der Waals surface area contributed by atoms with Crippen LogP contribution in [0.25, 0.3) is 11.4 Å². The molecular weight excluding hydrogens is 266 g/mol. The molecule has 0 bridgehead atoms. The molecule has 0 amide bonds. The minimum Gasteiger partial charge on any atom is -0.508 e. The van der Waals surface area contributed by atoms with Crippen molar-refractivity contribution in [1.82, 2.24) is 15.2 Å². The van der Waals surface area contributed by atoms with Gasteiger partial charge < -0.3 is 15.7 Å². The lowest BCUT2D eigenvalue weighted by molar-refractivity contribution is 0.411. The molecule has 6 heteroatoms. The minimum atomic E-state index is 0.264. The topological polar surface area (TPSA) is 91.1 Å². The Hall–Kier alpha value is -2.08. The SMILES string of the molecule is Cc1cc(O)ccc1-c1nc(N2CCC(CN)CC2)n[nH]1. The van der Waals surface area contributed by atoms with E-state index in [9.17, 15) is 5.11 Å². The van der Waals surface area contributed by atoms with Gasteiger partial charge in [0.15, 0.2) is 5.82 Å². The van der Waals surface area contributed by atoms with E-state index in [1.54, 1.807) is 12.1 Å². The predicted octanol–water partition coefficient (Wildman–Crippen LogP) is 1.66. The summed E-state index contributed by atoms with van der Waals surface area (Å²) in [6.07, 6.45) is 2.19. The molecule has 6 nitrogen and oxygen atoms in total. The molecule has 2 aromatic rings. The molecule has 1 fully saturated rings. The van der Waals surface area contributed by atoms with E-state index in [-0.39, 0.29) is 5.75 Å². The number of aromatic amines is 1. The van der Waals surface area contributed by atoms with E-state index in [0.29, 0.717) is 5.92 Å². The average molecular weight is 287 g/mol. The molecule has 3 rings (SSSR count). The first-order chi connectivity index (χ1) is 10.2. The highest BCUT2D eigenvalue weighted by Gasteiger charge is 2.21. The number of rotatable bonds is 3. The van der Waals surface area contributed by atoms with Crippen LogP contribution in [-0.2, 0) is 0 Å². The quantitative estimate of drug-likeness (QED) is 0.798. The molecule has 1 aliphatic rings. The van der Waals surface area contributed by atoms with Crippen LogP contribution in [0.3, 0.4) is 0 Å². The van der Waals surface area contributed by atoms with Crippen molar-refractivity contribution in [2.24, 2.45) is 11.7 Å². The van der Waals surface area contributed by atoms with Crippen molar-refractivity contribution in [3.8, 4) is 17.1 Å². The first-order valence-corrected chi connectivity index (χ1v) is 7.35. The van der Waals surface area contributed by atoms with Crippen LogP contribution in [0.4, 0.5) is 5.95 Å². The van der Waals surface area contributed by atoms with Crippen molar-refractivity contribution in [3.05, 3.63) is 23.8 Å². The molecule has 0 saturated carbocycles. The largest absolute Gasteiger partial charge is 0.508 e. The zero-order chi connectivity index (χ0) is 14.8. The normalized spacial score (nSPS) is 16.4. The number of phenolic OH excluding ortho intramolecular Hbond substituents is 1. The van der Waals surface area contributed by atoms with Crippen LogP contribution in [0, 0.1) is 12.8 Å². The Labute approximate surface area is 124 Å². The van der Waals surface area contributed by atoms with Gasteiger partial charge in [0.25, 0.3) is 0 Å². The summed E-state index contributed by atoms with van der Waals surface area (Å²) >= 11 is 0. The predicted molar refractivity (Wildman–Crippen MR) is 82.2 cm³/mol. The summed E-state index contributed by atoms with van der Waals surface area (Å²) in [5.74, 6) is 2.37. The van der Waals surface area contributed by atoms with Crippen molar-refractivity contribution in [2.45, 2.75) is 19.8 Å². The molecule has 1 aromatic carbocycles.